The SMILES string of the molecule is [Pt].[c-]1c(Oc2[c-]c(-n3c4cc5c6c(c4c4cccnc43)Oc3ccccc3B6c3ccccc3O5)ccc2)cccc1-n1[c-][n+](-c2c(-c3cc(-c4ccccc4)cc(-c4ccccc4)c3)cccc2-c2cc(-c3ccccc3)cc(-c3ccccc3)c2)c2ccccc21. The molecule has 0 N–H and O–H groups in total. The van der Waals surface area contributed by atoms with Crippen molar-refractivity contribution in [3.63, 3.8) is 0 Å². The van der Waals surface area contributed by atoms with Gasteiger partial charge in [0.05, 0.1) is 27.6 Å². The van der Waals surface area contributed by atoms with Gasteiger partial charge in [-0.25, -0.2) is 4.98 Å². The van der Waals surface area contributed by atoms with E-state index in [2.05, 4.69) is 281 Å². The molecule has 2 aliphatic rings. The summed E-state index contributed by atoms with van der Waals surface area (Å²) in [7, 11) is 0. The Labute approximate surface area is 552 Å². The molecule has 0 amide bonds. The predicted octanol–water partition coefficient (Wildman–Crippen LogP) is 18.3. The monoisotopic (exact) mass is 1370 g/mol. The van der Waals surface area contributed by atoms with E-state index in [0.29, 0.717) is 11.5 Å². The van der Waals surface area contributed by atoms with Crippen molar-refractivity contribution in [2.24, 2.45) is 0 Å². The number of hydrogen-bond acceptors (Lipinski definition) is 4. The molecular formula is C84H51BN4O3Pt-2. The second kappa shape index (κ2) is 23.0. The molecular weight excluding hydrogens is 1320 g/mol. The number of fused-ring (bicyclic) bond motifs is 9. The first-order chi connectivity index (χ1) is 45.6. The molecule has 3 aromatic heterocycles. The topological polar surface area (TPSA) is 54.3 Å². The number of para-hydroxylation sites is 5. The average Bonchev–Trinajstić information content (AvgIpc) is 1.65. The first-order valence-electron chi connectivity index (χ1n) is 30.9. The van der Waals surface area contributed by atoms with Gasteiger partial charge in [-0.15, -0.1) is 30.3 Å². The summed E-state index contributed by atoms with van der Waals surface area (Å²) in [6, 6.07) is 114. The van der Waals surface area contributed by atoms with Crippen molar-refractivity contribution in [1.29, 1.82) is 0 Å². The Hall–Kier alpha value is -11.6. The van der Waals surface area contributed by atoms with Gasteiger partial charge in [-0.2, -0.15) is 18.2 Å². The van der Waals surface area contributed by atoms with Gasteiger partial charge in [0.25, 0.3) is 13.0 Å². The molecule has 16 aromatic rings. The van der Waals surface area contributed by atoms with Crippen LogP contribution in [0.1, 0.15) is 0 Å². The molecule has 0 unspecified atom stereocenters. The summed E-state index contributed by atoms with van der Waals surface area (Å²) in [6.07, 6.45) is 5.77. The van der Waals surface area contributed by atoms with Crippen molar-refractivity contribution in [3.8, 4) is 118 Å². The second-order valence-corrected chi connectivity index (χ2v) is 23.4. The molecule has 0 radical (unpaired) electrons. The molecule has 9 heteroatoms. The summed E-state index contributed by atoms with van der Waals surface area (Å²) in [5.74, 6) is 4.18. The number of ether oxygens (including phenoxy) is 3. The van der Waals surface area contributed by atoms with Gasteiger partial charge in [-0.1, -0.05) is 206 Å². The molecule has 5 heterocycles. The third kappa shape index (κ3) is 9.65. The molecule has 93 heavy (non-hydrogen) atoms. The maximum absolute atomic E-state index is 6.98. The first-order valence-corrected chi connectivity index (χ1v) is 30.9. The Bertz CT molecular complexity index is 5310. The van der Waals surface area contributed by atoms with Crippen LogP contribution in [0.25, 0.3) is 117 Å². The van der Waals surface area contributed by atoms with Crippen molar-refractivity contribution in [1.82, 2.24) is 14.1 Å². The van der Waals surface area contributed by atoms with Crippen LogP contribution in [0.5, 0.6) is 34.5 Å². The fourth-order valence-corrected chi connectivity index (χ4v) is 13.8. The second-order valence-electron chi connectivity index (χ2n) is 23.4. The van der Waals surface area contributed by atoms with Crippen molar-refractivity contribution < 1.29 is 39.8 Å². The minimum Gasteiger partial charge on any atom is -0.510 e. The van der Waals surface area contributed by atoms with Crippen molar-refractivity contribution in [2.75, 3.05) is 0 Å². The number of imidazole rings is 1. The van der Waals surface area contributed by atoms with E-state index in [0.717, 1.165) is 156 Å². The molecule has 0 fully saturated rings. The van der Waals surface area contributed by atoms with Gasteiger partial charge in [0, 0.05) is 55.7 Å². The average molecular weight is 1370 g/mol. The van der Waals surface area contributed by atoms with E-state index in [-0.39, 0.29) is 27.8 Å². The molecule has 0 saturated carbocycles. The Balaban J connectivity index is 0.00000660. The molecule has 0 spiro atoms. The zero-order valence-electron chi connectivity index (χ0n) is 49.9. The van der Waals surface area contributed by atoms with Crippen LogP contribution in [-0.4, -0.2) is 20.8 Å². The van der Waals surface area contributed by atoms with Gasteiger partial charge in [-0.05, 0) is 144 Å². The Morgan fingerprint density at radius 1 is 0.398 bits per heavy atom. The molecule has 440 valence electrons. The van der Waals surface area contributed by atoms with Gasteiger partial charge in [0.15, 0.2) is 0 Å². The van der Waals surface area contributed by atoms with Crippen LogP contribution >= 0.6 is 0 Å². The predicted molar refractivity (Wildman–Crippen MR) is 370 cm³/mol. The molecule has 0 bridgehead atoms. The van der Waals surface area contributed by atoms with Crippen LogP contribution in [0.3, 0.4) is 0 Å². The van der Waals surface area contributed by atoms with Crippen LogP contribution in [0.4, 0.5) is 0 Å². The Morgan fingerprint density at radius 3 is 1.46 bits per heavy atom. The zero-order chi connectivity index (χ0) is 60.6. The van der Waals surface area contributed by atoms with Crippen LogP contribution in [0.2, 0.25) is 0 Å². The van der Waals surface area contributed by atoms with E-state index >= 15 is 0 Å². The molecule has 0 saturated heterocycles. The van der Waals surface area contributed by atoms with Crippen molar-refractivity contribution in [3.05, 3.63) is 328 Å². The minimum atomic E-state index is -0.0707. The van der Waals surface area contributed by atoms with E-state index in [1.807, 2.05) is 60.8 Å². The Morgan fingerprint density at radius 2 is 0.882 bits per heavy atom. The summed E-state index contributed by atoms with van der Waals surface area (Å²) >= 11 is 0. The largest absolute Gasteiger partial charge is 0.510 e. The van der Waals surface area contributed by atoms with Crippen molar-refractivity contribution in [2.45, 2.75) is 0 Å². The number of nitrogens with zero attached hydrogens (tertiary/aromatic N) is 4. The molecule has 7 nitrogen and oxygen atoms in total. The summed E-state index contributed by atoms with van der Waals surface area (Å²) < 4.78 is 27.1. The maximum Gasteiger partial charge on any atom is 0.268 e. The minimum absolute atomic E-state index is 0. The van der Waals surface area contributed by atoms with E-state index in [9.17, 15) is 0 Å². The fourth-order valence-electron chi connectivity index (χ4n) is 13.8. The molecule has 2 aliphatic heterocycles. The van der Waals surface area contributed by atoms with Crippen LogP contribution in [0, 0.1) is 18.5 Å². The number of rotatable bonds is 11. The quantitative estimate of drug-likeness (QED) is 0.0736. The van der Waals surface area contributed by atoms with Gasteiger partial charge < -0.3 is 23.3 Å². The van der Waals surface area contributed by atoms with E-state index in [1.54, 1.807) is 0 Å². The summed E-state index contributed by atoms with van der Waals surface area (Å²) in [4.78, 5) is 5.03. The summed E-state index contributed by atoms with van der Waals surface area (Å²) in [5, 5.41) is 1.91. The normalized spacial score (nSPS) is 11.9. The number of benzene rings is 13. The van der Waals surface area contributed by atoms with Crippen LogP contribution < -0.4 is 35.2 Å². The van der Waals surface area contributed by atoms with Crippen molar-refractivity contribution >= 4 is 56.1 Å². The van der Waals surface area contributed by atoms with Gasteiger partial charge in [0.1, 0.15) is 28.6 Å². The zero-order valence-corrected chi connectivity index (χ0v) is 52.1. The third-order valence-electron chi connectivity index (χ3n) is 17.9. The Kier molecular flexibility index (Phi) is 13.7. The summed E-state index contributed by atoms with van der Waals surface area (Å²) in [6.45, 7) is -0.0707. The number of hydrogen-bond donors (Lipinski definition) is 0. The molecule has 0 aliphatic carbocycles. The molecule has 0 atom stereocenters. The van der Waals surface area contributed by atoms with Gasteiger partial charge in [-0.3, -0.25) is 4.57 Å². The van der Waals surface area contributed by atoms with Crippen LogP contribution in [0.15, 0.2) is 310 Å². The van der Waals surface area contributed by atoms with E-state index in [1.165, 1.54) is 0 Å². The smallest absolute Gasteiger partial charge is 0.268 e. The van der Waals surface area contributed by atoms with Crippen LogP contribution in [-0.2, 0) is 21.1 Å². The molecule has 13 aromatic carbocycles. The fraction of sp³-hybridized carbons (Fsp3) is 0. The van der Waals surface area contributed by atoms with E-state index < -0.39 is 0 Å². The maximum atomic E-state index is 6.98. The number of aromatic nitrogens is 4. The first kappa shape index (κ1) is 55.5. The molecule has 18 rings (SSSR count). The number of pyridine rings is 1. The standard InChI is InChI=1S/C84H51BN4O3.Pt/c1-5-23-55(24-6-1)59-45-60(56-25-7-2-8-26-56)48-63(47-59)69-35-21-36-70(64-49-61(57-27-9-3-10-28-57)46-62(50-64)58-29-11-4-12-30-58)82(69)88-54-87(74-40-15-16-41-75(74)88)65-31-19-33-67(51-65)90-68-34-20-32-66(52-68)89-76-53-79-81-83(80(76)71-37-22-44-86-84(71)89)92-78-43-18-14-39-73(78)85(81)72-38-13-17-42-77(72)91-79;/h1-50,53H;/q-2;. The van der Waals surface area contributed by atoms with E-state index in [4.69, 9.17) is 19.2 Å². The van der Waals surface area contributed by atoms with Gasteiger partial charge >= 0.3 is 0 Å². The third-order valence-corrected chi connectivity index (χ3v) is 17.9. The summed E-state index contributed by atoms with van der Waals surface area (Å²) in [5.41, 5.74) is 22.5. The van der Waals surface area contributed by atoms with Gasteiger partial charge in [0.2, 0.25) is 0 Å².